The van der Waals surface area contributed by atoms with Crippen molar-refractivity contribution in [3.05, 3.63) is 65.6 Å². The summed E-state index contributed by atoms with van der Waals surface area (Å²) >= 11 is 6.03. The summed E-state index contributed by atoms with van der Waals surface area (Å²) in [5.74, 6) is -0.532. The number of hydrogen-bond donors (Lipinski definition) is 1. The molecule has 0 bridgehead atoms. The first kappa shape index (κ1) is 18.6. The largest absolute Gasteiger partial charge is 0.452 e. The number of halogens is 1. The molecule has 1 aromatic carbocycles. The Balaban J connectivity index is 1.44. The first-order valence-corrected chi connectivity index (χ1v) is 8.82. The van der Waals surface area contributed by atoms with Crippen LogP contribution in [0.2, 0.25) is 5.02 Å². The molecule has 0 aliphatic rings. The number of rotatable bonds is 5. The Bertz CT molecular complexity index is 1200. The number of aromatic nitrogens is 6. The highest BCUT2D eigenvalue weighted by Crippen LogP contribution is 2.23. The van der Waals surface area contributed by atoms with Gasteiger partial charge in [0, 0.05) is 11.2 Å². The normalized spacial score (nSPS) is 10.8. The number of hydrogen-bond acceptors (Lipinski definition) is 7. The zero-order valence-corrected chi connectivity index (χ0v) is 15.9. The maximum Gasteiger partial charge on any atom is 0.340 e. The summed E-state index contributed by atoms with van der Waals surface area (Å²) in [5.41, 5.74) is 1.86. The van der Waals surface area contributed by atoms with Gasteiger partial charge in [-0.3, -0.25) is 9.20 Å². The van der Waals surface area contributed by atoms with Gasteiger partial charge in [-0.15, -0.1) is 10.2 Å². The number of carbonyl (C=O) groups excluding carboxylic acids is 2. The van der Waals surface area contributed by atoms with Crippen LogP contribution < -0.4 is 5.32 Å². The highest BCUT2D eigenvalue weighted by atomic mass is 35.5. The van der Waals surface area contributed by atoms with Crippen LogP contribution in [-0.4, -0.2) is 47.8 Å². The van der Waals surface area contributed by atoms with Crippen LogP contribution in [0.1, 0.15) is 16.2 Å². The highest BCUT2D eigenvalue weighted by molar-refractivity contribution is 6.31. The van der Waals surface area contributed by atoms with E-state index in [1.165, 1.54) is 17.3 Å². The fourth-order valence-corrected chi connectivity index (χ4v) is 2.84. The predicted molar refractivity (Wildman–Crippen MR) is 103 cm³/mol. The third-order valence-corrected chi connectivity index (χ3v) is 4.28. The zero-order chi connectivity index (χ0) is 20.4. The van der Waals surface area contributed by atoms with E-state index in [0.717, 1.165) is 0 Å². The van der Waals surface area contributed by atoms with Crippen LogP contribution >= 0.6 is 11.6 Å². The Kier molecular flexibility index (Phi) is 4.92. The van der Waals surface area contributed by atoms with Crippen molar-refractivity contribution in [1.29, 1.82) is 0 Å². The van der Waals surface area contributed by atoms with Crippen LogP contribution in [0.3, 0.4) is 0 Å². The van der Waals surface area contributed by atoms with Gasteiger partial charge in [-0.1, -0.05) is 11.6 Å². The van der Waals surface area contributed by atoms with E-state index in [0.29, 0.717) is 27.9 Å². The number of fused-ring (bicyclic) bond motifs is 1. The summed E-state index contributed by atoms with van der Waals surface area (Å²) < 4.78 is 8.26. The van der Waals surface area contributed by atoms with Crippen molar-refractivity contribution in [3.63, 3.8) is 0 Å². The first-order valence-electron chi connectivity index (χ1n) is 8.44. The number of amides is 1. The van der Waals surface area contributed by atoms with Crippen molar-refractivity contribution in [1.82, 2.24) is 29.4 Å². The van der Waals surface area contributed by atoms with Crippen LogP contribution in [0, 0.1) is 6.92 Å². The van der Waals surface area contributed by atoms with Gasteiger partial charge in [0.1, 0.15) is 18.5 Å². The minimum absolute atomic E-state index is 0.277. The van der Waals surface area contributed by atoms with Gasteiger partial charge in [0.25, 0.3) is 5.91 Å². The lowest BCUT2D eigenvalue weighted by atomic mass is 10.2. The molecule has 10 nitrogen and oxygen atoms in total. The van der Waals surface area contributed by atoms with Crippen LogP contribution in [0.25, 0.3) is 11.3 Å². The molecule has 0 aliphatic heterocycles. The zero-order valence-electron chi connectivity index (χ0n) is 15.1. The summed E-state index contributed by atoms with van der Waals surface area (Å²) in [5, 5.41) is 15.0. The molecule has 0 aliphatic carbocycles. The Morgan fingerprint density at radius 3 is 2.86 bits per heavy atom. The molecule has 0 saturated heterocycles. The molecule has 0 atom stereocenters. The molecule has 3 heterocycles. The number of nitrogens with zero attached hydrogens (tertiary/aromatic N) is 6. The maximum atomic E-state index is 12.3. The minimum Gasteiger partial charge on any atom is -0.452 e. The van der Waals surface area contributed by atoms with Crippen molar-refractivity contribution >= 4 is 34.8 Å². The van der Waals surface area contributed by atoms with E-state index in [1.54, 1.807) is 47.9 Å². The Hall–Kier alpha value is -3.79. The van der Waals surface area contributed by atoms with Crippen LogP contribution in [0.4, 0.5) is 5.69 Å². The lowest BCUT2D eigenvalue weighted by Gasteiger charge is -2.11. The van der Waals surface area contributed by atoms with Gasteiger partial charge in [-0.05, 0) is 37.3 Å². The molecule has 4 aromatic rings. The molecular formula is C18H14ClN7O3. The number of aryl methyl sites for hydroxylation is 1. The van der Waals surface area contributed by atoms with Crippen molar-refractivity contribution in [3.8, 4) is 5.69 Å². The third kappa shape index (κ3) is 3.92. The SMILES string of the molecule is Cc1nnc2ccc(C(=O)OCC(=O)Nc3cc(Cl)ccc3-n3cncn3)cn12. The second-order valence-corrected chi connectivity index (χ2v) is 6.46. The summed E-state index contributed by atoms with van der Waals surface area (Å²) in [7, 11) is 0. The molecule has 29 heavy (non-hydrogen) atoms. The second kappa shape index (κ2) is 7.68. The minimum atomic E-state index is -0.641. The van der Waals surface area contributed by atoms with E-state index >= 15 is 0 Å². The fraction of sp³-hybridized carbons (Fsp3) is 0.111. The van der Waals surface area contributed by atoms with Crippen molar-refractivity contribution in [2.24, 2.45) is 0 Å². The van der Waals surface area contributed by atoms with Gasteiger partial charge < -0.3 is 10.1 Å². The third-order valence-electron chi connectivity index (χ3n) is 4.04. The average Bonchev–Trinajstić information content (AvgIpc) is 3.36. The van der Waals surface area contributed by atoms with Gasteiger partial charge in [0.05, 0.1) is 16.9 Å². The molecule has 1 amide bonds. The second-order valence-electron chi connectivity index (χ2n) is 6.02. The quantitative estimate of drug-likeness (QED) is 0.499. The molecule has 0 fully saturated rings. The topological polar surface area (TPSA) is 116 Å². The van der Waals surface area contributed by atoms with Gasteiger partial charge in [-0.25, -0.2) is 14.5 Å². The van der Waals surface area contributed by atoms with Crippen molar-refractivity contribution < 1.29 is 14.3 Å². The summed E-state index contributed by atoms with van der Waals surface area (Å²) in [6.45, 7) is 1.29. The molecule has 0 unspecified atom stereocenters. The molecular weight excluding hydrogens is 398 g/mol. The Morgan fingerprint density at radius 1 is 1.21 bits per heavy atom. The van der Waals surface area contributed by atoms with Crippen LogP contribution in [0.5, 0.6) is 0 Å². The summed E-state index contributed by atoms with van der Waals surface area (Å²) in [6.07, 6.45) is 4.42. The summed E-state index contributed by atoms with van der Waals surface area (Å²) in [4.78, 5) is 28.5. The molecule has 3 aromatic heterocycles. The average molecular weight is 412 g/mol. The number of nitrogens with one attached hydrogen (secondary N) is 1. The van der Waals surface area contributed by atoms with Gasteiger partial charge in [0.15, 0.2) is 12.3 Å². The maximum absolute atomic E-state index is 12.3. The van der Waals surface area contributed by atoms with E-state index < -0.39 is 18.5 Å². The number of carbonyl (C=O) groups is 2. The van der Waals surface area contributed by atoms with Gasteiger partial charge in [-0.2, -0.15) is 5.10 Å². The van der Waals surface area contributed by atoms with Crippen LogP contribution in [-0.2, 0) is 9.53 Å². The highest BCUT2D eigenvalue weighted by Gasteiger charge is 2.14. The molecule has 0 spiro atoms. The molecule has 1 N–H and O–H groups in total. The predicted octanol–water partition coefficient (Wildman–Crippen LogP) is 2.07. The number of anilines is 1. The molecule has 4 rings (SSSR count). The fourth-order valence-electron chi connectivity index (χ4n) is 2.67. The van der Waals surface area contributed by atoms with Gasteiger partial charge >= 0.3 is 5.97 Å². The molecule has 0 radical (unpaired) electrons. The lowest BCUT2D eigenvalue weighted by molar-refractivity contribution is -0.119. The Morgan fingerprint density at radius 2 is 2.07 bits per heavy atom. The first-order chi connectivity index (χ1) is 14.0. The van der Waals surface area contributed by atoms with Gasteiger partial charge in [0.2, 0.25) is 0 Å². The lowest BCUT2D eigenvalue weighted by Crippen LogP contribution is -2.22. The van der Waals surface area contributed by atoms with E-state index in [-0.39, 0.29) is 5.56 Å². The summed E-state index contributed by atoms with van der Waals surface area (Å²) in [6, 6.07) is 8.13. The van der Waals surface area contributed by atoms with Crippen molar-refractivity contribution in [2.75, 3.05) is 11.9 Å². The standard InChI is InChI=1S/C18H14ClN7O3/c1-11-23-24-16-5-2-12(7-25(11)16)18(28)29-8-17(27)22-14-6-13(19)3-4-15(14)26-10-20-9-21-26/h2-7,9-10H,8H2,1H3,(H,22,27). The molecule has 146 valence electrons. The molecule has 11 heteroatoms. The number of esters is 1. The number of benzene rings is 1. The molecule has 0 saturated carbocycles. The van der Waals surface area contributed by atoms with Crippen molar-refractivity contribution in [2.45, 2.75) is 6.92 Å². The number of ether oxygens (including phenoxy) is 1. The Labute approximate surface area is 169 Å². The smallest absolute Gasteiger partial charge is 0.340 e. The van der Waals surface area contributed by atoms with E-state index in [4.69, 9.17) is 16.3 Å². The monoisotopic (exact) mass is 411 g/mol. The van der Waals surface area contributed by atoms with E-state index in [1.807, 2.05) is 0 Å². The van der Waals surface area contributed by atoms with Crippen LogP contribution in [0.15, 0.2) is 49.2 Å². The van der Waals surface area contributed by atoms with E-state index in [2.05, 4.69) is 25.6 Å². The number of pyridine rings is 1. The van der Waals surface area contributed by atoms with E-state index in [9.17, 15) is 9.59 Å².